The molecule has 0 atom stereocenters. The van der Waals surface area contributed by atoms with Crippen molar-refractivity contribution in [2.24, 2.45) is 0 Å². The third kappa shape index (κ3) is 2.81. The van der Waals surface area contributed by atoms with Crippen LogP contribution in [0, 0.1) is 0 Å². The van der Waals surface area contributed by atoms with Gasteiger partial charge in [0.15, 0.2) is 10.8 Å². The number of halogens is 2. The Morgan fingerprint density at radius 3 is 2.43 bits per heavy atom. The molecule has 1 fully saturated rings. The standard InChI is InChI=1S/C17H16Cl2N4/c18-15-14-16(22-17(19)21-15)23(10-20-14)13-8-6-12(7-9-13)11-4-2-1-3-5-11/h6-11H,1-5H2. The fraction of sp³-hybridized carbons (Fsp3) is 0.353. The van der Waals surface area contributed by atoms with Gasteiger partial charge in [-0.3, -0.25) is 4.57 Å². The van der Waals surface area contributed by atoms with Crippen molar-refractivity contribution in [2.75, 3.05) is 0 Å². The second-order valence-electron chi connectivity index (χ2n) is 6.00. The predicted molar refractivity (Wildman–Crippen MR) is 92.5 cm³/mol. The second kappa shape index (κ2) is 6.10. The zero-order chi connectivity index (χ0) is 15.8. The smallest absolute Gasteiger partial charge is 0.225 e. The third-order valence-corrected chi connectivity index (χ3v) is 5.01. The molecule has 0 amide bonds. The van der Waals surface area contributed by atoms with Crippen molar-refractivity contribution in [3.05, 3.63) is 46.6 Å². The Balaban J connectivity index is 1.71. The van der Waals surface area contributed by atoms with Crippen LogP contribution in [0.25, 0.3) is 16.9 Å². The van der Waals surface area contributed by atoms with E-state index in [4.69, 9.17) is 23.2 Å². The van der Waals surface area contributed by atoms with E-state index < -0.39 is 0 Å². The number of aromatic nitrogens is 4. The Morgan fingerprint density at radius 1 is 0.957 bits per heavy atom. The molecule has 6 heteroatoms. The molecule has 0 aliphatic heterocycles. The van der Waals surface area contributed by atoms with Crippen LogP contribution in [0.3, 0.4) is 0 Å². The summed E-state index contributed by atoms with van der Waals surface area (Å²) in [6, 6.07) is 8.63. The van der Waals surface area contributed by atoms with Crippen molar-refractivity contribution in [2.45, 2.75) is 38.0 Å². The average molecular weight is 347 g/mol. The van der Waals surface area contributed by atoms with E-state index in [1.54, 1.807) is 6.33 Å². The topological polar surface area (TPSA) is 43.6 Å². The van der Waals surface area contributed by atoms with Crippen LogP contribution in [0.4, 0.5) is 0 Å². The summed E-state index contributed by atoms with van der Waals surface area (Å²) in [5.41, 5.74) is 3.61. The molecule has 1 saturated carbocycles. The van der Waals surface area contributed by atoms with E-state index in [0.717, 1.165) is 5.69 Å². The molecule has 0 saturated heterocycles. The molecule has 23 heavy (non-hydrogen) atoms. The minimum Gasteiger partial charge on any atom is -0.283 e. The van der Waals surface area contributed by atoms with E-state index in [0.29, 0.717) is 17.1 Å². The van der Waals surface area contributed by atoms with Crippen molar-refractivity contribution in [3.63, 3.8) is 0 Å². The molecule has 118 valence electrons. The molecule has 1 aromatic carbocycles. The predicted octanol–water partition coefficient (Wildman–Crippen LogP) is 5.17. The minimum absolute atomic E-state index is 0.128. The highest BCUT2D eigenvalue weighted by Gasteiger charge is 2.16. The first-order valence-corrected chi connectivity index (χ1v) is 8.64. The highest BCUT2D eigenvalue weighted by atomic mass is 35.5. The summed E-state index contributed by atoms with van der Waals surface area (Å²) in [7, 11) is 0. The van der Waals surface area contributed by atoms with E-state index in [2.05, 4.69) is 39.2 Å². The molecule has 1 aliphatic carbocycles. The van der Waals surface area contributed by atoms with Crippen LogP contribution < -0.4 is 0 Å². The van der Waals surface area contributed by atoms with E-state index in [1.165, 1.54) is 37.7 Å². The van der Waals surface area contributed by atoms with Gasteiger partial charge in [0.1, 0.15) is 11.8 Å². The first-order chi connectivity index (χ1) is 11.2. The van der Waals surface area contributed by atoms with Crippen LogP contribution in [0.15, 0.2) is 30.6 Å². The van der Waals surface area contributed by atoms with Crippen molar-refractivity contribution >= 4 is 34.4 Å². The van der Waals surface area contributed by atoms with Crippen LogP contribution in [0.1, 0.15) is 43.6 Å². The molecule has 3 aromatic rings. The SMILES string of the molecule is Clc1nc(Cl)c2ncn(-c3ccc(C4CCCCC4)cc3)c2n1. The monoisotopic (exact) mass is 346 g/mol. The normalized spacial score (nSPS) is 16.1. The van der Waals surface area contributed by atoms with Crippen molar-refractivity contribution in [3.8, 4) is 5.69 Å². The lowest BCUT2D eigenvalue weighted by molar-refractivity contribution is 0.443. The Bertz CT molecular complexity index is 836. The maximum Gasteiger partial charge on any atom is 0.225 e. The van der Waals surface area contributed by atoms with Crippen LogP contribution in [0.5, 0.6) is 0 Å². The molecular weight excluding hydrogens is 331 g/mol. The number of hydrogen-bond acceptors (Lipinski definition) is 3. The van der Waals surface area contributed by atoms with Crippen LogP contribution in [-0.4, -0.2) is 19.5 Å². The van der Waals surface area contributed by atoms with Gasteiger partial charge >= 0.3 is 0 Å². The molecule has 0 unspecified atom stereocenters. The van der Waals surface area contributed by atoms with Crippen molar-refractivity contribution < 1.29 is 0 Å². The Kier molecular flexibility index (Phi) is 3.95. The van der Waals surface area contributed by atoms with Crippen molar-refractivity contribution in [1.82, 2.24) is 19.5 Å². The van der Waals surface area contributed by atoms with E-state index in [9.17, 15) is 0 Å². The van der Waals surface area contributed by atoms with Gasteiger partial charge in [-0.1, -0.05) is 43.0 Å². The fourth-order valence-corrected chi connectivity index (χ4v) is 3.79. The Labute approximate surface area is 144 Å². The Morgan fingerprint density at radius 2 is 1.70 bits per heavy atom. The summed E-state index contributed by atoms with van der Waals surface area (Å²) in [6.07, 6.45) is 8.35. The quantitative estimate of drug-likeness (QED) is 0.474. The maximum absolute atomic E-state index is 6.08. The maximum atomic E-state index is 6.08. The molecule has 1 aliphatic rings. The number of benzene rings is 1. The second-order valence-corrected chi connectivity index (χ2v) is 6.69. The number of imidazole rings is 1. The molecule has 2 heterocycles. The average Bonchev–Trinajstić information content (AvgIpc) is 3.00. The van der Waals surface area contributed by atoms with Gasteiger partial charge in [-0.05, 0) is 48.1 Å². The molecule has 4 nitrogen and oxygen atoms in total. The molecule has 0 bridgehead atoms. The van der Waals surface area contributed by atoms with Crippen molar-refractivity contribution in [1.29, 1.82) is 0 Å². The van der Waals surface area contributed by atoms with Gasteiger partial charge in [0.25, 0.3) is 0 Å². The van der Waals surface area contributed by atoms with E-state index in [1.807, 2.05) is 4.57 Å². The van der Waals surface area contributed by atoms with Gasteiger partial charge in [0, 0.05) is 5.69 Å². The van der Waals surface area contributed by atoms with Crippen LogP contribution in [0.2, 0.25) is 10.4 Å². The van der Waals surface area contributed by atoms with Gasteiger partial charge in [0.05, 0.1) is 0 Å². The Hall–Kier alpha value is -1.65. The van der Waals surface area contributed by atoms with Gasteiger partial charge in [0.2, 0.25) is 5.28 Å². The molecule has 0 spiro atoms. The largest absolute Gasteiger partial charge is 0.283 e. The van der Waals surface area contributed by atoms with Crippen LogP contribution >= 0.6 is 23.2 Å². The molecule has 2 aromatic heterocycles. The molecule has 0 radical (unpaired) electrons. The third-order valence-electron chi connectivity index (χ3n) is 4.57. The number of rotatable bonds is 2. The highest BCUT2D eigenvalue weighted by molar-refractivity contribution is 6.35. The number of hydrogen-bond donors (Lipinski definition) is 0. The van der Waals surface area contributed by atoms with E-state index in [-0.39, 0.29) is 10.4 Å². The lowest BCUT2D eigenvalue weighted by atomic mass is 9.84. The van der Waals surface area contributed by atoms with Gasteiger partial charge < -0.3 is 0 Å². The summed E-state index contributed by atoms with van der Waals surface area (Å²) in [5, 5.41) is 0.403. The lowest BCUT2D eigenvalue weighted by Crippen LogP contribution is -2.04. The van der Waals surface area contributed by atoms with Crippen LogP contribution in [-0.2, 0) is 0 Å². The van der Waals surface area contributed by atoms with Gasteiger partial charge in [-0.25, -0.2) is 9.97 Å². The summed E-state index contributed by atoms with van der Waals surface area (Å²) in [5.74, 6) is 0.698. The first kappa shape index (κ1) is 14.9. The first-order valence-electron chi connectivity index (χ1n) is 7.89. The molecular formula is C17H16Cl2N4. The number of nitrogens with zero attached hydrogens (tertiary/aromatic N) is 4. The summed E-state index contributed by atoms with van der Waals surface area (Å²) < 4.78 is 1.89. The minimum atomic E-state index is 0.128. The summed E-state index contributed by atoms with van der Waals surface area (Å²) >= 11 is 12.0. The lowest BCUT2D eigenvalue weighted by Gasteiger charge is -2.22. The summed E-state index contributed by atoms with van der Waals surface area (Å²) in [6.45, 7) is 0. The highest BCUT2D eigenvalue weighted by Crippen LogP contribution is 2.33. The fourth-order valence-electron chi connectivity index (χ4n) is 3.37. The molecule has 4 rings (SSSR count). The van der Waals surface area contributed by atoms with Gasteiger partial charge in [-0.2, -0.15) is 4.98 Å². The van der Waals surface area contributed by atoms with E-state index >= 15 is 0 Å². The van der Waals surface area contributed by atoms with Gasteiger partial charge in [-0.15, -0.1) is 0 Å². The zero-order valence-corrected chi connectivity index (χ0v) is 14.1. The molecule has 0 N–H and O–H groups in total. The zero-order valence-electron chi connectivity index (χ0n) is 12.5. The summed E-state index contributed by atoms with van der Waals surface area (Å²) in [4.78, 5) is 12.5. The number of fused-ring (bicyclic) bond motifs is 1.